The minimum absolute atomic E-state index is 0.504. The lowest BCUT2D eigenvalue weighted by atomic mass is 9.96. The fourth-order valence-corrected chi connectivity index (χ4v) is 4.34. The van der Waals surface area contributed by atoms with Crippen LogP contribution in [0.15, 0.2) is 35.3 Å². The van der Waals surface area contributed by atoms with Crippen molar-refractivity contribution in [2.24, 2.45) is 4.99 Å². The summed E-state index contributed by atoms with van der Waals surface area (Å²) in [5, 5.41) is 7.12. The van der Waals surface area contributed by atoms with Crippen molar-refractivity contribution >= 4 is 5.96 Å². The first kappa shape index (κ1) is 20.2. The molecule has 1 atom stereocenters. The summed E-state index contributed by atoms with van der Waals surface area (Å²) in [6.07, 6.45) is 7.77. The average Bonchev–Trinajstić information content (AvgIpc) is 2.72. The highest BCUT2D eigenvalue weighted by Gasteiger charge is 2.25. The van der Waals surface area contributed by atoms with Gasteiger partial charge in [0.1, 0.15) is 0 Å². The fraction of sp³-hybridized carbons (Fsp3) is 0.682. The molecule has 2 fully saturated rings. The SMILES string of the molecule is CN=C(NCCCN1CCN(C)CC1c1ccccc1)NC1CCCCC1. The van der Waals surface area contributed by atoms with Crippen molar-refractivity contribution < 1.29 is 0 Å². The van der Waals surface area contributed by atoms with Gasteiger partial charge in [-0.25, -0.2) is 0 Å². The molecule has 0 amide bonds. The van der Waals surface area contributed by atoms with Crippen LogP contribution in [0, 0.1) is 0 Å². The number of hydrogen-bond acceptors (Lipinski definition) is 3. The van der Waals surface area contributed by atoms with Crippen LogP contribution in [0.5, 0.6) is 0 Å². The average molecular weight is 372 g/mol. The van der Waals surface area contributed by atoms with Gasteiger partial charge in [0, 0.05) is 51.9 Å². The highest BCUT2D eigenvalue weighted by atomic mass is 15.3. The maximum absolute atomic E-state index is 4.41. The molecule has 1 saturated carbocycles. The van der Waals surface area contributed by atoms with Gasteiger partial charge in [0.25, 0.3) is 0 Å². The largest absolute Gasteiger partial charge is 0.356 e. The van der Waals surface area contributed by atoms with E-state index in [2.05, 4.69) is 62.8 Å². The van der Waals surface area contributed by atoms with Crippen molar-refractivity contribution in [1.29, 1.82) is 0 Å². The van der Waals surface area contributed by atoms with Gasteiger partial charge in [-0.1, -0.05) is 49.6 Å². The summed E-state index contributed by atoms with van der Waals surface area (Å²) < 4.78 is 0. The number of piperazine rings is 1. The first-order chi connectivity index (χ1) is 13.3. The lowest BCUT2D eigenvalue weighted by molar-refractivity contribution is 0.0891. The van der Waals surface area contributed by atoms with Gasteiger partial charge >= 0.3 is 0 Å². The lowest BCUT2D eigenvalue weighted by Gasteiger charge is -2.40. The van der Waals surface area contributed by atoms with E-state index in [1.54, 1.807) is 0 Å². The summed E-state index contributed by atoms with van der Waals surface area (Å²) in [5.74, 6) is 0.972. The van der Waals surface area contributed by atoms with Gasteiger partial charge in [0.15, 0.2) is 5.96 Å². The van der Waals surface area contributed by atoms with Crippen LogP contribution in [0.2, 0.25) is 0 Å². The zero-order valence-corrected chi connectivity index (χ0v) is 17.2. The Labute approximate surface area is 165 Å². The first-order valence-electron chi connectivity index (χ1n) is 10.7. The zero-order chi connectivity index (χ0) is 18.9. The third-order valence-corrected chi connectivity index (χ3v) is 5.96. The minimum atomic E-state index is 0.504. The van der Waals surface area contributed by atoms with E-state index in [1.165, 1.54) is 37.7 Å². The molecular weight excluding hydrogens is 334 g/mol. The predicted molar refractivity (Wildman–Crippen MR) is 114 cm³/mol. The van der Waals surface area contributed by atoms with E-state index < -0.39 is 0 Å². The minimum Gasteiger partial charge on any atom is -0.356 e. The second-order valence-electron chi connectivity index (χ2n) is 8.06. The van der Waals surface area contributed by atoms with Crippen molar-refractivity contribution in [3.05, 3.63) is 35.9 Å². The molecule has 1 aromatic rings. The van der Waals surface area contributed by atoms with E-state index in [9.17, 15) is 0 Å². The molecule has 0 spiro atoms. The first-order valence-corrected chi connectivity index (χ1v) is 10.7. The van der Waals surface area contributed by atoms with Crippen LogP contribution in [-0.2, 0) is 0 Å². The van der Waals surface area contributed by atoms with Gasteiger partial charge in [-0.15, -0.1) is 0 Å². The maximum atomic E-state index is 4.41. The van der Waals surface area contributed by atoms with Crippen LogP contribution in [0.3, 0.4) is 0 Å². The molecule has 0 aromatic heterocycles. The quantitative estimate of drug-likeness (QED) is 0.458. The number of guanidine groups is 1. The van der Waals surface area contributed by atoms with Crippen LogP contribution in [0.1, 0.15) is 50.1 Å². The van der Waals surface area contributed by atoms with Crippen LogP contribution < -0.4 is 10.6 Å². The number of aliphatic imine (C=N–C) groups is 1. The molecule has 150 valence electrons. The fourth-order valence-electron chi connectivity index (χ4n) is 4.34. The van der Waals surface area contributed by atoms with Crippen LogP contribution in [-0.4, -0.2) is 68.6 Å². The van der Waals surface area contributed by atoms with Crippen molar-refractivity contribution in [1.82, 2.24) is 20.4 Å². The number of benzene rings is 1. The Kier molecular flexibility index (Phi) is 7.96. The van der Waals surface area contributed by atoms with Gasteiger partial charge < -0.3 is 15.5 Å². The Morgan fingerprint density at radius 2 is 1.89 bits per heavy atom. The Hall–Kier alpha value is -1.59. The number of nitrogens with zero attached hydrogens (tertiary/aromatic N) is 3. The third kappa shape index (κ3) is 6.22. The van der Waals surface area contributed by atoms with Gasteiger partial charge in [-0.2, -0.15) is 0 Å². The van der Waals surface area contributed by atoms with Crippen molar-refractivity contribution in [3.8, 4) is 0 Å². The molecule has 5 heteroatoms. The zero-order valence-electron chi connectivity index (χ0n) is 17.2. The van der Waals surface area contributed by atoms with E-state index >= 15 is 0 Å². The van der Waals surface area contributed by atoms with Crippen LogP contribution >= 0.6 is 0 Å². The Balaban J connectivity index is 1.44. The number of nitrogens with one attached hydrogen (secondary N) is 2. The van der Waals surface area contributed by atoms with Crippen molar-refractivity contribution in [2.75, 3.05) is 46.8 Å². The third-order valence-electron chi connectivity index (χ3n) is 5.96. The molecule has 1 aromatic carbocycles. The molecule has 1 aliphatic carbocycles. The molecule has 0 bridgehead atoms. The molecule has 1 aliphatic heterocycles. The van der Waals surface area contributed by atoms with Gasteiger partial charge in [0.2, 0.25) is 0 Å². The van der Waals surface area contributed by atoms with E-state index in [1.807, 2.05) is 7.05 Å². The number of hydrogen-bond donors (Lipinski definition) is 2. The monoisotopic (exact) mass is 371 g/mol. The van der Waals surface area contributed by atoms with E-state index in [0.717, 1.165) is 45.1 Å². The van der Waals surface area contributed by atoms with E-state index in [4.69, 9.17) is 0 Å². The summed E-state index contributed by atoms with van der Waals surface area (Å²) in [4.78, 5) is 9.51. The summed E-state index contributed by atoms with van der Waals surface area (Å²) >= 11 is 0. The second-order valence-corrected chi connectivity index (χ2v) is 8.06. The normalized spacial score (nSPS) is 23.3. The molecule has 27 heavy (non-hydrogen) atoms. The van der Waals surface area contributed by atoms with E-state index in [-0.39, 0.29) is 0 Å². The molecule has 1 saturated heterocycles. The Morgan fingerprint density at radius 3 is 2.63 bits per heavy atom. The summed E-state index contributed by atoms with van der Waals surface area (Å²) in [7, 11) is 4.11. The summed E-state index contributed by atoms with van der Waals surface area (Å²) in [6.45, 7) is 5.51. The van der Waals surface area contributed by atoms with Gasteiger partial charge in [-0.05, 0) is 31.9 Å². The van der Waals surface area contributed by atoms with Crippen LogP contribution in [0.25, 0.3) is 0 Å². The Bertz CT molecular complexity index is 567. The van der Waals surface area contributed by atoms with Crippen molar-refractivity contribution in [2.45, 2.75) is 50.6 Å². The van der Waals surface area contributed by atoms with Gasteiger partial charge in [0.05, 0.1) is 0 Å². The molecule has 1 unspecified atom stereocenters. The standard InChI is InChI=1S/C22H37N5/c1-23-22(25-20-12-7-4-8-13-20)24-14-9-15-27-17-16-26(2)18-21(27)19-10-5-3-6-11-19/h3,5-6,10-11,20-21H,4,7-9,12-18H2,1-2H3,(H2,23,24,25). The van der Waals surface area contributed by atoms with Crippen LogP contribution in [0.4, 0.5) is 0 Å². The molecule has 0 radical (unpaired) electrons. The van der Waals surface area contributed by atoms with Crippen molar-refractivity contribution in [3.63, 3.8) is 0 Å². The highest BCUT2D eigenvalue weighted by molar-refractivity contribution is 5.79. The molecule has 5 nitrogen and oxygen atoms in total. The van der Waals surface area contributed by atoms with E-state index in [0.29, 0.717) is 12.1 Å². The maximum Gasteiger partial charge on any atom is 0.191 e. The summed E-state index contributed by atoms with van der Waals surface area (Å²) in [5.41, 5.74) is 1.44. The Morgan fingerprint density at radius 1 is 1.11 bits per heavy atom. The smallest absolute Gasteiger partial charge is 0.191 e. The summed E-state index contributed by atoms with van der Waals surface area (Å²) in [6, 6.07) is 12.1. The lowest BCUT2D eigenvalue weighted by Crippen LogP contribution is -2.48. The molecule has 1 heterocycles. The number of likely N-dealkylation sites (N-methyl/N-ethyl adjacent to an activating group) is 1. The topological polar surface area (TPSA) is 42.9 Å². The molecular formula is C22H37N5. The van der Waals surface area contributed by atoms with Gasteiger partial charge in [-0.3, -0.25) is 9.89 Å². The molecule has 3 rings (SSSR count). The highest BCUT2D eigenvalue weighted by Crippen LogP contribution is 2.24. The second kappa shape index (κ2) is 10.7. The number of rotatable bonds is 6. The molecule has 2 aliphatic rings. The predicted octanol–water partition coefficient (Wildman–Crippen LogP) is 2.86. The molecule has 2 N–H and O–H groups in total.